The van der Waals surface area contributed by atoms with Gasteiger partial charge in [0.2, 0.25) is 0 Å². The number of unbranched alkanes of at least 4 members (excludes halogenated alkanes) is 2. The number of carbonyl (C=O) groups is 2. The van der Waals surface area contributed by atoms with Gasteiger partial charge in [0.05, 0.1) is 5.56 Å². The van der Waals surface area contributed by atoms with Crippen molar-refractivity contribution in [2.75, 3.05) is 6.54 Å². The van der Waals surface area contributed by atoms with E-state index in [4.69, 9.17) is 5.11 Å². The molecule has 1 heterocycles. The maximum Gasteiger partial charge on any atom is 0.303 e. The summed E-state index contributed by atoms with van der Waals surface area (Å²) in [5, 5.41) is 11.2. The van der Waals surface area contributed by atoms with E-state index in [9.17, 15) is 9.59 Å². The zero-order valence-electron chi connectivity index (χ0n) is 9.95. The van der Waals surface area contributed by atoms with E-state index >= 15 is 0 Å². The predicted molar refractivity (Wildman–Crippen MR) is 64.0 cm³/mol. The Bertz CT molecular complexity index is 385. The van der Waals surface area contributed by atoms with Crippen molar-refractivity contribution in [3.05, 3.63) is 23.5 Å². The van der Waals surface area contributed by atoms with Crippen LogP contribution in [-0.2, 0) is 4.79 Å². The first-order chi connectivity index (χ1) is 8.11. The van der Waals surface area contributed by atoms with Gasteiger partial charge in [-0.05, 0) is 25.3 Å². The van der Waals surface area contributed by atoms with Gasteiger partial charge < -0.3 is 15.4 Å². The standard InChI is InChI=1S/C12H18N2O3/c1-9-7-13-8-10(9)12(17)14-6-4-2-3-5-11(15)16/h7-8,13H,2-6H2,1H3,(H,14,17)(H,15,16). The minimum absolute atomic E-state index is 0.0815. The van der Waals surface area contributed by atoms with Crippen LogP contribution >= 0.6 is 0 Å². The molecule has 1 aromatic rings. The van der Waals surface area contributed by atoms with Crippen molar-refractivity contribution in [2.45, 2.75) is 32.6 Å². The minimum atomic E-state index is -0.767. The summed E-state index contributed by atoms with van der Waals surface area (Å²) >= 11 is 0. The number of hydrogen-bond acceptors (Lipinski definition) is 2. The van der Waals surface area contributed by atoms with Crippen molar-refractivity contribution in [3.8, 4) is 0 Å². The van der Waals surface area contributed by atoms with E-state index in [0.29, 0.717) is 18.5 Å². The zero-order valence-corrected chi connectivity index (χ0v) is 9.95. The van der Waals surface area contributed by atoms with E-state index in [1.54, 1.807) is 12.4 Å². The number of aromatic amines is 1. The van der Waals surface area contributed by atoms with Crippen molar-refractivity contribution in [1.82, 2.24) is 10.3 Å². The van der Waals surface area contributed by atoms with Gasteiger partial charge in [0.1, 0.15) is 0 Å². The summed E-state index contributed by atoms with van der Waals surface area (Å²) in [6.45, 7) is 2.46. The van der Waals surface area contributed by atoms with Gasteiger partial charge >= 0.3 is 5.97 Å². The van der Waals surface area contributed by atoms with Crippen molar-refractivity contribution in [1.29, 1.82) is 0 Å². The number of carbonyl (C=O) groups excluding carboxylic acids is 1. The lowest BCUT2D eigenvalue weighted by Crippen LogP contribution is -2.24. The van der Waals surface area contributed by atoms with E-state index in [-0.39, 0.29) is 12.3 Å². The quantitative estimate of drug-likeness (QED) is 0.632. The van der Waals surface area contributed by atoms with E-state index in [1.165, 1.54) is 0 Å². The molecule has 0 spiro atoms. The van der Waals surface area contributed by atoms with Crippen LogP contribution in [0.3, 0.4) is 0 Å². The van der Waals surface area contributed by atoms with Crippen molar-refractivity contribution in [2.24, 2.45) is 0 Å². The SMILES string of the molecule is Cc1c[nH]cc1C(=O)NCCCCCC(=O)O. The van der Waals surface area contributed by atoms with Crippen molar-refractivity contribution < 1.29 is 14.7 Å². The Kier molecular flexibility index (Phi) is 5.26. The molecule has 5 nitrogen and oxygen atoms in total. The predicted octanol–water partition coefficient (Wildman–Crippen LogP) is 1.70. The Balaban J connectivity index is 2.13. The summed E-state index contributed by atoms with van der Waals surface area (Å²) in [5.74, 6) is -0.848. The van der Waals surface area contributed by atoms with E-state index in [0.717, 1.165) is 18.4 Å². The third kappa shape index (κ3) is 4.72. The summed E-state index contributed by atoms with van der Waals surface area (Å²) in [5.41, 5.74) is 1.59. The van der Waals surface area contributed by atoms with Gasteiger partial charge in [0.25, 0.3) is 5.91 Å². The first-order valence-corrected chi connectivity index (χ1v) is 5.74. The molecule has 0 atom stereocenters. The van der Waals surface area contributed by atoms with Gasteiger partial charge in [-0.15, -0.1) is 0 Å². The highest BCUT2D eigenvalue weighted by atomic mass is 16.4. The van der Waals surface area contributed by atoms with Crippen LogP contribution in [0, 0.1) is 6.92 Å². The molecule has 3 N–H and O–H groups in total. The number of H-pyrrole nitrogens is 1. The number of hydrogen-bond donors (Lipinski definition) is 3. The van der Waals surface area contributed by atoms with E-state index in [1.807, 2.05) is 6.92 Å². The van der Waals surface area contributed by atoms with Crippen LogP contribution in [0.15, 0.2) is 12.4 Å². The molecule has 17 heavy (non-hydrogen) atoms. The summed E-state index contributed by atoms with van der Waals surface area (Å²) in [7, 11) is 0. The molecule has 0 saturated heterocycles. The largest absolute Gasteiger partial charge is 0.481 e. The second kappa shape index (κ2) is 6.73. The van der Waals surface area contributed by atoms with Gasteiger partial charge in [-0.3, -0.25) is 9.59 Å². The van der Waals surface area contributed by atoms with Crippen molar-refractivity contribution >= 4 is 11.9 Å². The van der Waals surface area contributed by atoms with E-state index in [2.05, 4.69) is 10.3 Å². The lowest BCUT2D eigenvalue weighted by Gasteiger charge is -2.04. The first kappa shape index (κ1) is 13.3. The molecule has 0 aliphatic heterocycles. The lowest BCUT2D eigenvalue weighted by molar-refractivity contribution is -0.137. The van der Waals surface area contributed by atoms with Crippen LogP contribution in [0.2, 0.25) is 0 Å². The molecule has 0 bridgehead atoms. The number of aliphatic carboxylic acids is 1. The number of aryl methyl sites for hydroxylation is 1. The molecule has 0 aliphatic carbocycles. The highest BCUT2D eigenvalue weighted by Gasteiger charge is 2.08. The fourth-order valence-corrected chi connectivity index (χ4v) is 1.56. The summed E-state index contributed by atoms with van der Waals surface area (Å²) in [4.78, 5) is 24.8. The summed E-state index contributed by atoms with van der Waals surface area (Å²) < 4.78 is 0. The van der Waals surface area contributed by atoms with Gasteiger partial charge in [-0.1, -0.05) is 6.42 Å². The number of nitrogens with one attached hydrogen (secondary N) is 2. The number of carboxylic acids is 1. The molecule has 0 radical (unpaired) electrons. The molecule has 0 saturated carbocycles. The Morgan fingerprint density at radius 1 is 1.29 bits per heavy atom. The molecule has 1 rings (SSSR count). The second-order valence-corrected chi connectivity index (χ2v) is 4.01. The molecule has 1 aromatic heterocycles. The molecule has 0 aliphatic rings. The van der Waals surface area contributed by atoms with Gasteiger partial charge in [-0.2, -0.15) is 0 Å². The molecule has 1 amide bonds. The highest BCUT2D eigenvalue weighted by Crippen LogP contribution is 2.05. The van der Waals surface area contributed by atoms with Gasteiger partial charge in [0, 0.05) is 25.4 Å². The third-order valence-corrected chi connectivity index (χ3v) is 2.55. The summed E-state index contributed by atoms with van der Waals surface area (Å²) in [6.07, 6.45) is 5.94. The molecule has 0 fully saturated rings. The Hall–Kier alpha value is -1.78. The maximum atomic E-state index is 11.6. The molecular formula is C12H18N2O3. The van der Waals surface area contributed by atoms with Crippen LogP contribution in [-0.4, -0.2) is 28.5 Å². The highest BCUT2D eigenvalue weighted by molar-refractivity contribution is 5.95. The van der Waals surface area contributed by atoms with Gasteiger partial charge in [-0.25, -0.2) is 0 Å². The topological polar surface area (TPSA) is 82.2 Å². The Morgan fingerprint density at radius 3 is 2.65 bits per heavy atom. The number of amides is 1. The lowest BCUT2D eigenvalue weighted by atomic mass is 10.2. The summed E-state index contributed by atoms with van der Waals surface area (Å²) in [6, 6.07) is 0. The monoisotopic (exact) mass is 238 g/mol. The molecule has 0 unspecified atom stereocenters. The second-order valence-electron chi connectivity index (χ2n) is 4.01. The van der Waals surface area contributed by atoms with Crippen LogP contribution in [0.1, 0.15) is 41.6 Å². The Labute approximate surface area is 100 Å². The third-order valence-electron chi connectivity index (χ3n) is 2.55. The fourth-order valence-electron chi connectivity index (χ4n) is 1.56. The fraction of sp³-hybridized carbons (Fsp3) is 0.500. The number of aromatic nitrogens is 1. The molecular weight excluding hydrogens is 220 g/mol. The smallest absolute Gasteiger partial charge is 0.303 e. The van der Waals surface area contributed by atoms with Crippen LogP contribution in [0.25, 0.3) is 0 Å². The van der Waals surface area contributed by atoms with Crippen molar-refractivity contribution in [3.63, 3.8) is 0 Å². The number of carboxylic acid groups (broad SMARTS) is 1. The molecule has 0 aromatic carbocycles. The van der Waals surface area contributed by atoms with E-state index < -0.39 is 5.97 Å². The average Bonchev–Trinajstić information content (AvgIpc) is 2.69. The Morgan fingerprint density at radius 2 is 2.06 bits per heavy atom. The van der Waals surface area contributed by atoms with Crippen LogP contribution in [0.4, 0.5) is 0 Å². The zero-order chi connectivity index (χ0) is 12.7. The maximum absolute atomic E-state index is 11.6. The first-order valence-electron chi connectivity index (χ1n) is 5.74. The minimum Gasteiger partial charge on any atom is -0.481 e. The normalized spacial score (nSPS) is 10.2. The van der Waals surface area contributed by atoms with Gasteiger partial charge in [0.15, 0.2) is 0 Å². The number of rotatable bonds is 7. The van der Waals surface area contributed by atoms with Crippen LogP contribution < -0.4 is 5.32 Å². The average molecular weight is 238 g/mol. The molecule has 5 heteroatoms. The van der Waals surface area contributed by atoms with Crippen LogP contribution in [0.5, 0.6) is 0 Å². The molecule has 94 valence electrons.